The maximum atomic E-state index is 11.7. The first-order chi connectivity index (χ1) is 5.66. The van der Waals surface area contributed by atoms with Gasteiger partial charge in [0.15, 0.2) is 5.78 Å². The molecule has 0 spiro atoms. The van der Waals surface area contributed by atoms with E-state index in [0.717, 1.165) is 6.54 Å². The van der Waals surface area contributed by atoms with Crippen LogP contribution >= 0.6 is 0 Å². The van der Waals surface area contributed by atoms with Gasteiger partial charge in [0.05, 0.1) is 6.04 Å². The fraction of sp³-hybridized carbons (Fsp3) is 0.900. The van der Waals surface area contributed by atoms with Gasteiger partial charge in [-0.25, -0.2) is 0 Å². The Hall–Kier alpha value is -0.370. The number of nitrogens with one attached hydrogen (secondary N) is 1. The lowest BCUT2D eigenvalue weighted by molar-refractivity contribution is -0.124. The van der Waals surface area contributed by atoms with Gasteiger partial charge < -0.3 is 5.32 Å². The highest BCUT2D eigenvalue weighted by molar-refractivity contribution is 5.86. The van der Waals surface area contributed by atoms with Crippen molar-refractivity contribution in [3.05, 3.63) is 0 Å². The van der Waals surface area contributed by atoms with E-state index >= 15 is 0 Å². The summed E-state index contributed by atoms with van der Waals surface area (Å²) in [5.41, 5.74) is 0. The van der Waals surface area contributed by atoms with Crippen molar-refractivity contribution in [2.24, 2.45) is 11.8 Å². The third-order valence-electron chi connectivity index (χ3n) is 2.39. The molecular formula is C10H19NO. The minimum absolute atomic E-state index is 0.148. The van der Waals surface area contributed by atoms with Crippen molar-refractivity contribution in [3.63, 3.8) is 0 Å². The third-order valence-corrected chi connectivity index (χ3v) is 2.39. The van der Waals surface area contributed by atoms with E-state index in [1.165, 1.54) is 12.8 Å². The molecule has 2 heteroatoms. The molecule has 12 heavy (non-hydrogen) atoms. The second-order valence-electron chi connectivity index (χ2n) is 3.93. The summed E-state index contributed by atoms with van der Waals surface area (Å²) < 4.78 is 0. The molecule has 0 aromatic carbocycles. The molecule has 2 nitrogen and oxygen atoms in total. The molecular weight excluding hydrogens is 150 g/mol. The minimum atomic E-state index is 0.148. The number of ketones is 1. The van der Waals surface area contributed by atoms with Crippen LogP contribution in [0.25, 0.3) is 0 Å². The molecule has 0 aromatic heterocycles. The van der Waals surface area contributed by atoms with Crippen molar-refractivity contribution in [1.29, 1.82) is 0 Å². The monoisotopic (exact) mass is 169 g/mol. The van der Waals surface area contributed by atoms with Crippen molar-refractivity contribution in [1.82, 2.24) is 5.32 Å². The van der Waals surface area contributed by atoms with E-state index < -0.39 is 0 Å². The lowest BCUT2D eigenvalue weighted by Gasteiger charge is -2.17. The Morgan fingerprint density at radius 3 is 2.42 bits per heavy atom. The normalized spacial score (nSPS) is 19.7. The van der Waals surface area contributed by atoms with Crippen molar-refractivity contribution in [2.75, 3.05) is 6.54 Å². The summed E-state index contributed by atoms with van der Waals surface area (Å²) in [5, 5.41) is 3.28. The Morgan fingerprint density at radius 1 is 1.50 bits per heavy atom. The van der Waals surface area contributed by atoms with Gasteiger partial charge in [-0.15, -0.1) is 0 Å². The van der Waals surface area contributed by atoms with E-state index in [-0.39, 0.29) is 12.0 Å². The molecule has 1 aliphatic rings. The van der Waals surface area contributed by atoms with Crippen molar-refractivity contribution >= 4 is 5.78 Å². The minimum Gasteiger partial charge on any atom is -0.308 e. The fourth-order valence-corrected chi connectivity index (χ4v) is 1.51. The summed E-state index contributed by atoms with van der Waals surface area (Å²) in [6.45, 7) is 6.92. The van der Waals surface area contributed by atoms with Crippen molar-refractivity contribution < 1.29 is 4.79 Å². The van der Waals surface area contributed by atoms with Crippen LogP contribution in [0.5, 0.6) is 0 Å². The van der Waals surface area contributed by atoms with Crippen LogP contribution in [-0.2, 0) is 4.79 Å². The maximum Gasteiger partial charge on any atom is 0.152 e. The molecule has 1 rings (SSSR count). The van der Waals surface area contributed by atoms with Gasteiger partial charge in [0.2, 0.25) is 0 Å². The van der Waals surface area contributed by atoms with E-state index in [1.807, 2.05) is 13.8 Å². The average molecular weight is 169 g/mol. The topological polar surface area (TPSA) is 29.1 Å². The Bertz CT molecular complexity index is 161. The van der Waals surface area contributed by atoms with E-state index in [2.05, 4.69) is 12.2 Å². The van der Waals surface area contributed by atoms with Crippen LogP contribution in [0.4, 0.5) is 0 Å². The molecule has 70 valence electrons. The largest absolute Gasteiger partial charge is 0.308 e. The lowest BCUT2D eigenvalue weighted by Crippen LogP contribution is -2.40. The molecule has 0 saturated heterocycles. The second kappa shape index (κ2) is 4.04. The first kappa shape index (κ1) is 9.72. The quantitative estimate of drug-likeness (QED) is 0.677. The van der Waals surface area contributed by atoms with Crippen LogP contribution in [0.1, 0.15) is 33.6 Å². The Balaban J connectivity index is 2.46. The first-order valence-corrected chi connectivity index (χ1v) is 4.94. The summed E-state index contributed by atoms with van der Waals surface area (Å²) in [7, 11) is 0. The highest BCUT2D eigenvalue weighted by atomic mass is 16.1. The molecule has 0 heterocycles. The van der Waals surface area contributed by atoms with Gasteiger partial charge in [-0.3, -0.25) is 4.79 Å². The summed E-state index contributed by atoms with van der Waals surface area (Å²) in [6.07, 6.45) is 2.46. The standard InChI is InChI=1S/C10H19NO/c1-4-11-9(8-5-6-8)10(12)7(2)3/h7-9,11H,4-6H2,1-3H3. The molecule has 1 fully saturated rings. The smallest absolute Gasteiger partial charge is 0.152 e. The summed E-state index contributed by atoms with van der Waals surface area (Å²) in [5.74, 6) is 1.20. The van der Waals surface area contributed by atoms with Crippen molar-refractivity contribution in [2.45, 2.75) is 39.7 Å². The van der Waals surface area contributed by atoms with Gasteiger partial charge in [0.25, 0.3) is 0 Å². The lowest BCUT2D eigenvalue weighted by atomic mass is 9.98. The third kappa shape index (κ3) is 2.31. The molecule has 1 N–H and O–H groups in total. The predicted molar refractivity (Wildman–Crippen MR) is 50.0 cm³/mol. The molecule has 1 unspecified atom stereocenters. The summed E-state index contributed by atoms with van der Waals surface area (Å²) in [4.78, 5) is 11.7. The number of hydrogen-bond donors (Lipinski definition) is 1. The SMILES string of the molecule is CCNC(C(=O)C(C)C)C1CC1. The fourth-order valence-electron chi connectivity index (χ4n) is 1.51. The zero-order valence-electron chi connectivity index (χ0n) is 8.26. The van der Waals surface area contributed by atoms with Crippen LogP contribution in [-0.4, -0.2) is 18.4 Å². The Labute approximate surface area is 74.7 Å². The molecule has 0 aromatic rings. The number of carbonyl (C=O) groups excluding carboxylic acids is 1. The predicted octanol–water partition coefficient (Wildman–Crippen LogP) is 1.60. The molecule has 1 saturated carbocycles. The van der Waals surface area contributed by atoms with Gasteiger partial charge in [0.1, 0.15) is 0 Å². The van der Waals surface area contributed by atoms with Crippen LogP contribution in [0.15, 0.2) is 0 Å². The summed E-state index contributed by atoms with van der Waals surface area (Å²) in [6, 6.07) is 0.148. The van der Waals surface area contributed by atoms with Crippen molar-refractivity contribution in [3.8, 4) is 0 Å². The second-order valence-corrected chi connectivity index (χ2v) is 3.93. The zero-order chi connectivity index (χ0) is 9.14. The number of likely N-dealkylation sites (N-methyl/N-ethyl adjacent to an activating group) is 1. The molecule has 0 aliphatic heterocycles. The maximum absolute atomic E-state index is 11.7. The molecule has 0 radical (unpaired) electrons. The van der Waals surface area contributed by atoms with Gasteiger partial charge in [-0.2, -0.15) is 0 Å². The number of hydrogen-bond acceptors (Lipinski definition) is 2. The zero-order valence-corrected chi connectivity index (χ0v) is 8.26. The number of Topliss-reactive ketones (excluding diaryl/α,β-unsaturated/α-hetero) is 1. The van der Waals surface area contributed by atoms with E-state index in [1.54, 1.807) is 0 Å². The van der Waals surface area contributed by atoms with E-state index in [0.29, 0.717) is 11.7 Å². The number of rotatable bonds is 5. The van der Waals surface area contributed by atoms with Crippen LogP contribution in [0, 0.1) is 11.8 Å². The molecule has 0 amide bonds. The molecule has 0 bridgehead atoms. The van der Waals surface area contributed by atoms with Gasteiger partial charge in [-0.1, -0.05) is 20.8 Å². The molecule has 1 aliphatic carbocycles. The van der Waals surface area contributed by atoms with E-state index in [9.17, 15) is 4.79 Å². The average Bonchev–Trinajstić information content (AvgIpc) is 2.81. The van der Waals surface area contributed by atoms with Crippen LogP contribution in [0.2, 0.25) is 0 Å². The van der Waals surface area contributed by atoms with Gasteiger partial charge in [-0.05, 0) is 25.3 Å². The van der Waals surface area contributed by atoms with Crippen LogP contribution < -0.4 is 5.32 Å². The van der Waals surface area contributed by atoms with Gasteiger partial charge in [0, 0.05) is 5.92 Å². The highest BCUT2D eigenvalue weighted by Crippen LogP contribution is 2.33. The first-order valence-electron chi connectivity index (χ1n) is 4.94. The number of carbonyl (C=O) groups is 1. The van der Waals surface area contributed by atoms with Crippen LogP contribution in [0.3, 0.4) is 0 Å². The Morgan fingerprint density at radius 2 is 2.08 bits per heavy atom. The molecule has 1 atom stereocenters. The summed E-state index contributed by atoms with van der Waals surface area (Å²) >= 11 is 0. The van der Waals surface area contributed by atoms with E-state index in [4.69, 9.17) is 0 Å². The van der Waals surface area contributed by atoms with Gasteiger partial charge >= 0.3 is 0 Å². The highest BCUT2D eigenvalue weighted by Gasteiger charge is 2.35. The Kier molecular flexibility index (Phi) is 3.27.